The predicted molar refractivity (Wildman–Crippen MR) is 103 cm³/mol. The third-order valence-corrected chi connectivity index (χ3v) is 5.73. The van der Waals surface area contributed by atoms with Gasteiger partial charge >= 0.3 is 0 Å². The number of nitrogens with zero attached hydrogens (tertiary/aromatic N) is 1. The van der Waals surface area contributed by atoms with E-state index in [-0.39, 0.29) is 6.04 Å². The molecular weight excluding hydrogens is 390 g/mol. The maximum Gasteiger partial charge on any atom is 0.269 e. The summed E-state index contributed by atoms with van der Waals surface area (Å²) in [5.41, 5.74) is 6.65. The first-order valence-electron chi connectivity index (χ1n) is 8.15. The van der Waals surface area contributed by atoms with Gasteiger partial charge in [0.1, 0.15) is 0 Å². The van der Waals surface area contributed by atoms with Gasteiger partial charge in [-0.25, -0.2) is 8.42 Å². The lowest BCUT2D eigenvalue weighted by Gasteiger charge is -2.21. The van der Waals surface area contributed by atoms with Gasteiger partial charge in [0.05, 0.1) is 11.9 Å². The SMILES string of the molecule is C[C@H]1Cc2cc(C(=O)NNC(=O)c3cccc(Cl)c3)ccc2N1S(C)(=O)=O. The Balaban J connectivity index is 1.72. The topological polar surface area (TPSA) is 95.6 Å². The maximum absolute atomic E-state index is 12.3. The van der Waals surface area contributed by atoms with E-state index >= 15 is 0 Å². The Labute approximate surface area is 162 Å². The fraction of sp³-hybridized carbons (Fsp3) is 0.222. The minimum atomic E-state index is -3.39. The summed E-state index contributed by atoms with van der Waals surface area (Å²) in [6.45, 7) is 1.81. The Morgan fingerprint density at radius 2 is 1.70 bits per heavy atom. The molecule has 2 aromatic rings. The molecule has 2 amide bonds. The zero-order chi connectivity index (χ0) is 19.8. The summed E-state index contributed by atoms with van der Waals surface area (Å²) in [5, 5.41) is 0.414. The van der Waals surface area contributed by atoms with E-state index in [0.29, 0.717) is 28.3 Å². The molecule has 1 aliphatic heterocycles. The van der Waals surface area contributed by atoms with E-state index < -0.39 is 21.8 Å². The molecule has 0 spiro atoms. The second-order valence-corrected chi connectivity index (χ2v) is 8.67. The van der Waals surface area contributed by atoms with Crippen LogP contribution in [-0.2, 0) is 16.4 Å². The molecule has 0 saturated heterocycles. The molecule has 0 fully saturated rings. The van der Waals surface area contributed by atoms with Crippen LogP contribution in [0.3, 0.4) is 0 Å². The Morgan fingerprint density at radius 3 is 2.30 bits per heavy atom. The van der Waals surface area contributed by atoms with Crippen molar-refractivity contribution in [2.75, 3.05) is 10.6 Å². The van der Waals surface area contributed by atoms with Crippen LogP contribution in [0.4, 0.5) is 5.69 Å². The molecule has 142 valence electrons. The average molecular weight is 408 g/mol. The monoisotopic (exact) mass is 407 g/mol. The summed E-state index contributed by atoms with van der Waals surface area (Å²) < 4.78 is 25.3. The summed E-state index contributed by atoms with van der Waals surface area (Å²) in [6, 6.07) is 10.9. The zero-order valence-corrected chi connectivity index (χ0v) is 16.3. The van der Waals surface area contributed by atoms with Gasteiger partial charge in [0, 0.05) is 22.2 Å². The Morgan fingerprint density at radius 1 is 1.07 bits per heavy atom. The Kier molecular flexibility index (Phi) is 5.12. The quantitative estimate of drug-likeness (QED) is 0.762. The number of nitrogens with one attached hydrogen (secondary N) is 2. The number of hydrazine groups is 1. The molecule has 0 unspecified atom stereocenters. The van der Waals surface area contributed by atoms with Crippen LogP contribution in [0.5, 0.6) is 0 Å². The molecule has 9 heteroatoms. The maximum atomic E-state index is 12.3. The molecule has 2 N–H and O–H groups in total. The summed E-state index contributed by atoms with van der Waals surface area (Å²) in [6.07, 6.45) is 1.67. The first-order chi connectivity index (χ1) is 12.7. The lowest BCUT2D eigenvalue weighted by atomic mass is 10.1. The average Bonchev–Trinajstić information content (AvgIpc) is 2.94. The van der Waals surface area contributed by atoms with E-state index in [4.69, 9.17) is 11.6 Å². The van der Waals surface area contributed by atoms with Gasteiger partial charge in [-0.05, 0) is 55.3 Å². The number of sulfonamides is 1. The van der Waals surface area contributed by atoms with E-state index in [0.717, 1.165) is 11.8 Å². The molecule has 7 nitrogen and oxygen atoms in total. The summed E-state index contributed by atoms with van der Waals surface area (Å²) in [4.78, 5) is 24.4. The molecule has 27 heavy (non-hydrogen) atoms. The van der Waals surface area contributed by atoms with E-state index in [1.54, 1.807) is 30.3 Å². The second kappa shape index (κ2) is 7.21. The van der Waals surface area contributed by atoms with Gasteiger partial charge in [-0.1, -0.05) is 17.7 Å². The predicted octanol–water partition coefficient (Wildman–Crippen LogP) is 2.13. The number of hydrogen-bond donors (Lipinski definition) is 2. The van der Waals surface area contributed by atoms with Gasteiger partial charge in [-0.3, -0.25) is 24.7 Å². The molecule has 0 saturated carbocycles. The van der Waals surface area contributed by atoms with Crippen LogP contribution < -0.4 is 15.2 Å². The van der Waals surface area contributed by atoms with Crippen LogP contribution in [0.1, 0.15) is 33.2 Å². The summed E-state index contributed by atoms with van der Waals surface area (Å²) in [5.74, 6) is -0.998. The standard InChI is InChI=1S/C18H18ClN3O4S/c1-11-8-14-9-13(6-7-16(14)22(11)27(2,25)26)18(24)21-20-17(23)12-4-3-5-15(19)10-12/h3-7,9-11H,8H2,1-2H3,(H,20,23)(H,21,24)/t11-/m0/s1. The normalized spacial score (nSPS) is 16.0. The summed E-state index contributed by atoms with van der Waals surface area (Å²) >= 11 is 5.84. The number of carbonyl (C=O) groups excluding carboxylic acids is 2. The van der Waals surface area contributed by atoms with Gasteiger partial charge < -0.3 is 0 Å². The van der Waals surface area contributed by atoms with Crippen molar-refractivity contribution in [2.45, 2.75) is 19.4 Å². The van der Waals surface area contributed by atoms with Crippen LogP contribution in [0, 0.1) is 0 Å². The lowest BCUT2D eigenvalue weighted by molar-refractivity contribution is 0.0846. The summed E-state index contributed by atoms with van der Waals surface area (Å²) in [7, 11) is -3.39. The fourth-order valence-corrected chi connectivity index (χ4v) is 4.59. The molecule has 1 heterocycles. The number of halogens is 1. The Bertz CT molecular complexity index is 1020. The third kappa shape index (κ3) is 4.06. The van der Waals surface area contributed by atoms with Gasteiger partial charge in [0.2, 0.25) is 10.0 Å². The van der Waals surface area contributed by atoms with Crippen molar-refractivity contribution >= 4 is 39.1 Å². The van der Waals surface area contributed by atoms with E-state index in [9.17, 15) is 18.0 Å². The van der Waals surface area contributed by atoms with Crippen molar-refractivity contribution in [2.24, 2.45) is 0 Å². The Hall–Kier alpha value is -2.58. The molecule has 3 rings (SSSR count). The van der Waals surface area contributed by atoms with Crippen LogP contribution in [0.25, 0.3) is 0 Å². The van der Waals surface area contributed by atoms with Crippen molar-refractivity contribution in [3.05, 3.63) is 64.2 Å². The van der Waals surface area contributed by atoms with Crippen LogP contribution in [-0.4, -0.2) is 32.5 Å². The number of anilines is 1. The molecular formula is C18H18ClN3O4S. The fourth-order valence-electron chi connectivity index (χ4n) is 3.14. The molecule has 1 aliphatic rings. The first-order valence-corrected chi connectivity index (χ1v) is 10.4. The minimum Gasteiger partial charge on any atom is -0.267 e. The lowest BCUT2D eigenvalue weighted by Crippen LogP contribution is -2.41. The zero-order valence-electron chi connectivity index (χ0n) is 14.7. The van der Waals surface area contributed by atoms with Crippen molar-refractivity contribution in [3.63, 3.8) is 0 Å². The van der Waals surface area contributed by atoms with Gasteiger partial charge in [-0.15, -0.1) is 0 Å². The molecule has 0 aliphatic carbocycles. The van der Waals surface area contributed by atoms with Gasteiger partial charge in [-0.2, -0.15) is 0 Å². The first kappa shape index (κ1) is 19.2. The third-order valence-electron chi connectivity index (χ3n) is 4.23. The second-order valence-electron chi connectivity index (χ2n) is 6.37. The smallest absolute Gasteiger partial charge is 0.267 e. The van der Waals surface area contributed by atoms with Crippen molar-refractivity contribution in [1.82, 2.24) is 10.9 Å². The van der Waals surface area contributed by atoms with E-state index in [1.165, 1.54) is 16.4 Å². The number of rotatable bonds is 3. The number of carbonyl (C=O) groups is 2. The van der Waals surface area contributed by atoms with Gasteiger partial charge in [0.25, 0.3) is 11.8 Å². The van der Waals surface area contributed by atoms with Crippen LogP contribution in [0.2, 0.25) is 5.02 Å². The highest BCUT2D eigenvalue weighted by molar-refractivity contribution is 7.92. The molecule has 0 radical (unpaired) electrons. The number of benzene rings is 2. The van der Waals surface area contributed by atoms with Crippen molar-refractivity contribution in [1.29, 1.82) is 0 Å². The van der Waals surface area contributed by atoms with E-state index in [1.807, 2.05) is 6.92 Å². The minimum absolute atomic E-state index is 0.212. The van der Waals surface area contributed by atoms with E-state index in [2.05, 4.69) is 10.9 Å². The van der Waals surface area contributed by atoms with Crippen molar-refractivity contribution in [3.8, 4) is 0 Å². The molecule has 0 bridgehead atoms. The number of hydrogen-bond acceptors (Lipinski definition) is 4. The van der Waals surface area contributed by atoms with Crippen LogP contribution >= 0.6 is 11.6 Å². The highest BCUT2D eigenvalue weighted by Crippen LogP contribution is 2.34. The van der Waals surface area contributed by atoms with Gasteiger partial charge in [0.15, 0.2) is 0 Å². The molecule has 0 aromatic heterocycles. The van der Waals surface area contributed by atoms with Crippen molar-refractivity contribution < 1.29 is 18.0 Å². The highest BCUT2D eigenvalue weighted by atomic mass is 35.5. The largest absolute Gasteiger partial charge is 0.269 e. The number of amides is 2. The molecule has 1 atom stereocenters. The molecule has 2 aromatic carbocycles. The highest BCUT2D eigenvalue weighted by Gasteiger charge is 2.32. The number of fused-ring (bicyclic) bond motifs is 1. The van der Waals surface area contributed by atoms with Crippen LogP contribution in [0.15, 0.2) is 42.5 Å².